The third-order valence-electron chi connectivity index (χ3n) is 2.54. The van der Waals surface area contributed by atoms with Crippen molar-refractivity contribution in [3.63, 3.8) is 0 Å². The van der Waals surface area contributed by atoms with Gasteiger partial charge in [-0.1, -0.05) is 53.7 Å². The molecule has 0 amide bonds. The van der Waals surface area contributed by atoms with Gasteiger partial charge in [0.05, 0.1) is 0 Å². The molecule has 6 heteroatoms. The fraction of sp³-hybridized carbons (Fsp3) is 0.0667. The number of thiocarbonyl (C=S) groups is 1. The smallest absolute Gasteiger partial charge is 0.199 e. The molecule has 0 atom stereocenters. The molecule has 0 fully saturated rings. The lowest BCUT2D eigenvalue weighted by Gasteiger charge is -2.05. The predicted molar refractivity (Wildman–Crippen MR) is 97.0 cm³/mol. The van der Waals surface area contributed by atoms with Gasteiger partial charge in [-0.3, -0.25) is 0 Å². The zero-order valence-corrected chi connectivity index (χ0v) is 13.5. The predicted octanol–water partition coefficient (Wildman–Crippen LogP) is 4.28. The van der Waals surface area contributed by atoms with E-state index in [1.807, 2.05) is 54.6 Å². The van der Waals surface area contributed by atoms with Crippen LogP contribution < -0.4 is 11.1 Å². The Bertz CT molecular complexity index is 627. The molecule has 3 N–H and O–H groups in total. The van der Waals surface area contributed by atoms with Gasteiger partial charge in [0, 0.05) is 16.5 Å². The van der Waals surface area contributed by atoms with E-state index in [1.165, 1.54) is 11.8 Å². The fourth-order valence-electron chi connectivity index (χ4n) is 1.54. The lowest BCUT2D eigenvalue weighted by Crippen LogP contribution is -2.14. The molecule has 2 aromatic carbocycles. The third kappa shape index (κ3) is 5.75. The average Bonchev–Trinajstić information content (AvgIpc) is 2.47. The Balaban J connectivity index is 1.85. The number of para-hydroxylation sites is 1. The Morgan fingerprint density at radius 3 is 2.48 bits per heavy atom. The summed E-state index contributed by atoms with van der Waals surface area (Å²) in [5.74, 6) is 0.723. The molecule has 21 heavy (non-hydrogen) atoms. The van der Waals surface area contributed by atoms with Crippen molar-refractivity contribution in [2.24, 2.45) is 10.7 Å². The number of anilines is 1. The van der Waals surface area contributed by atoms with Crippen LogP contribution in [0.3, 0.4) is 0 Å². The Labute approximate surface area is 138 Å². The summed E-state index contributed by atoms with van der Waals surface area (Å²) in [6, 6.07) is 17.2. The zero-order valence-electron chi connectivity index (χ0n) is 11.1. The molecule has 0 aliphatic rings. The quantitative estimate of drug-likeness (QED) is 0.499. The zero-order chi connectivity index (χ0) is 15.1. The summed E-state index contributed by atoms with van der Waals surface area (Å²) in [6.07, 6.45) is 0. The molecule has 0 spiro atoms. The van der Waals surface area contributed by atoms with Gasteiger partial charge in [0.1, 0.15) is 0 Å². The molecule has 0 aliphatic heterocycles. The molecule has 2 rings (SSSR count). The number of aliphatic imine (C=N–C) groups is 1. The minimum absolute atomic E-state index is 0.349. The largest absolute Gasteiger partial charge is 0.378 e. The van der Waals surface area contributed by atoms with Gasteiger partial charge in [-0.25, -0.2) is 0 Å². The molecule has 0 saturated carbocycles. The molecule has 0 unspecified atom stereocenters. The van der Waals surface area contributed by atoms with Crippen LogP contribution in [0.4, 0.5) is 5.69 Å². The number of amidine groups is 1. The highest BCUT2D eigenvalue weighted by Crippen LogP contribution is 2.15. The summed E-state index contributed by atoms with van der Waals surface area (Å²) in [5.41, 5.74) is 7.89. The first kappa shape index (κ1) is 15.8. The SMILES string of the molecule is NC(=NC(=S)Nc1ccccc1)SCc1ccc(Cl)cc1. The second kappa shape index (κ2) is 8.02. The Morgan fingerprint density at radius 1 is 1.14 bits per heavy atom. The van der Waals surface area contributed by atoms with Gasteiger partial charge >= 0.3 is 0 Å². The fourth-order valence-corrected chi connectivity index (χ4v) is 2.61. The van der Waals surface area contributed by atoms with Crippen LogP contribution in [-0.2, 0) is 5.75 Å². The van der Waals surface area contributed by atoms with E-state index in [1.54, 1.807) is 0 Å². The van der Waals surface area contributed by atoms with Crippen LogP contribution in [0.1, 0.15) is 5.56 Å². The van der Waals surface area contributed by atoms with Gasteiger partial charge in [0.15, 0.2) is 10.3 Å². The summed E-state index contributed by atoms with van der Waals surface area (Å²) in [7, 11) is 0. The number of hydrogen-bond donors (Lipinski definition) is 2. The van der Waals surface area contributed by atoms with Crippen molar-refractivity contribution in [1.82, 2.24) is 0 Å². The first-order chi connectivity index (χ1) is 10.1. The molecule has 0 aromatic heterocycles. The van der Waals surface area contributed by atoms with Gasteiger partial charge in [0.2, 0.25) is 0 Å². The van der Waals surface area contributed by atoms with Crippen molar-refractivity contribution in [2.45, 2.75) is 5.75 Å². The number of hydrogen-bond acceptors (Lipinski definition) is 2. The van der Waals surface area contributed by atoms with Crippen molar-refractivity contribution < 1.29 is 0 Å². The molecule has 0 aliphatic carbocycles. The summed E-state index contributed by atoms with van der Waals surface area (Å²) < 4.78 is 0. The molecule has 2 aromatic rings. The number of benzene rings is 2. The lowest BCUT2D eigenvalue weighted by molar-refractivity contribution is 1.42. The van der Waals surface area contributed by atoms with Crippen LogP contribution in [0, 0.1) is 0 Å². The van der Waals surface area contributed by atoms with E-state index < -0.39 is 0 Å². The lowest BCUT2D eigenvalue weighted by atomic mass is 10.2. The summed E-state index contributed by atoms with van der Waals surface area (Å²) in [5, 5.41) is 4.51. The molecular weight excluding hydrogens is 322 g/mol. The van der Waals surface area contributed by atoms with Gasteiger partial charge in [-0.2, -0.15) is 4.99 Å². The first-order valence-electron chi connectivity index (χ1n) is 6.21. The van der Waals surface area contributed by atoms with Crippen LogP contribution >= 0.6 is 35.6 Å². The van der Waals surface area contributed by atoms with E-state index in [0.29, 0.717) is 10.3 Å². The minimum atomic E-state index is 0.349. The molecule has 108 valence electrons. The van der Waals surface area contributed by atoms with E-state index in [-0.39, 0.29) is 0 Å². The van der Waals surface area contributed by atoms with Crippen LogP contribution in [0.25, 0.3) is 0 Å². The normalized spacial score (nSPS) is 11.2. The van der Waals surface area contributed by atoms with E-state index in [0.717, 1.165) is 22.0 Å². The second-order valence-corrected chi connectivity index (χ2v) is 5.98. The van der Waals surface area contributed by atoms with Crippen LogP contribution in [-0.4, -0.2) is 10.3 Å². The Kier molecular flexibility index (Phi) is 6.04. The van der Waals surface area contributed by atoms with Crippen molar-refractivity contribution in [2.75, 3.05) is 5.32 Å². The van der Waals surface area contributed by atoms with Crippen molar-refractivity contribution in [3.05, 3.63) is 65.2 Å². The number of thioether (sulfide) groups is 1. The van der Waals surface area contributed by atoms with Crippen molar-refractivity contribution in [1.29, 1.82) is 0 Å². The number of nitrogens with zero attached hydrogens (tertiary/aromatic N) is 1. The van der Waals surface area contributed by atoms with Crippen LogP contribution in [0.2, 0.25) is 5.02 Å². The maximum absolute atomic E-state index is 5.87. The van der Waals surface area contributed by atoms with E-state index in [4.69, 9.17) is 29.6 Å². The molecule has 0 saturated heterocycles. The van der Waals surface area contributed by atoms with Crippen LogP contribution in [0.5, 0.6) is 0 Å². The highest BCUT2D eigenvalue weighted by Gasteiger charge is 2.00. The topological polar surface area (TPSA) is 50.4 Å². The second-order valence-electron chi connectivity index (χ2n) is 4.16. The standard InChI is InChI=1S/C15H14ClN3S2/c16-12-8-6-11(7-9-12)10-21-14(17)19-15(20)18-13-4-2-1-3-5-13/h1-9H,10H2,(H3,17,18,19,20). The minimum Gasteiger partial charge on any atom is -0.378 e. The molecule has 0 radical (unpaired) electrons. The molecule has 0 heterocycles. The number of rotatable bonds is 3. The third-order valence-corrected chi connectivity index (χ3v) is 3.85. The highest BCUT2D eigenvalue weighted by molar-refractivity contribution is 8.13. The van der Waals surface area contributed by atoms with E-state index in [2.05, 4.69) is 10.3 Å². The van der Waals surface area contributed by atoms with Gasteiger partial charge < -0.3 is 11.1 Å². The average molecular weight is 336 g/mol. The summed E-state index contributed by atoms with van der Waals surface area (Å²) in [6.45, 7) is 0. The maximum atomic E-state index is 5.87. The first-order valence-corrected chi connectivity index (χ1v) is 7.98. The number of halogens is 1. The Hall–Kier alpha value is -1.56. The summed E-state index contributed by atoms with van der Waals surface area (Å²) >= 11 is 12.4. The van der Waals surface area contributed by atoms with E-state index >= 15 is 0 Å². The van der Waals surface area contributed by atoms with Crippen molar-refractivity contribution in [3.8, 4) is 0 Å². The molecule has 0 bridgehead atoms. The monoisotopic (exact) mass is 335 g/mol. The van der Waals surface area contributed by atoms with Crippen LogP contribution in [0.15, 0.2) is 59.6 Å². The number of nitrogens with one attached hydrogen (secondary N) is 1. The van der Waals surface area contributed by atoms with Gasteiger partial charge in [-0.15, -0.1) is 0 Å². The molecule has 3 nitrogen and oxygen atoms in total. The maximum Gasteiger partial charge on any atom is 0.199 e. The highest BCUT2D eigenvalue weighted by atomic mass is 35.5. The Morgan fingerprint density at radius 2 is 1.81 bits per heavy atom. The molecular formula is C15H14ClN3S2. The van der Waals surface area contributed by atoms with Gasteiger partial charge in [-0.05, 0) is 42.0 Å². The van der Waals surface area contributed by atoms with Gasteiger partial charge in [0.25, 0.3) is 0 Å². The summed E-state index contributed by atoms with van der Waals surface area (Å²) in [4.78, 5) is 4.16. The number of nitrogens with two attached hydrogens (primary N) is 1. The van der Waals surface area contributed by atoms with Crippen molar-refractivity contribution >= 4 is 51.5 Å². The van der Waals surface area contributed by atoms with E-state index in [9.17, 15) is 0 Å².